The van der Waals surface area contributed by atoms with E-state index in [0.717, 1.165) is 19.1 Å². The highest BCUT2D eigenvalue weighted by Gasteiger charge is 2.31. The van der Waals surface area contributed by atoms with Crippen molar-refractivity contribution < 1.29 is 23.1 Å². The minimum absolute atomic E-state index is 0.179. The molecule has 6 nitrogen and oxygen atoms in total. The molecule has 0 heterocycles. The number of aliphatic hydroxyl groups is 1. The third-order valence-electron chi connectivity index (χ3n) is 2.40. The molecule has 0 saturated heterocycles. The molecule has 0 saturated carbocycles. The number of hydrogen-bond donors (Lipinski definition) is 1. The summed E-state index contributed by atoms with van der Waals surface area (Å²) >= 11 is 0. The molecular weight excluding hydrogens is 291 g/mol. The van der Waals surface area contributed by atoms with Crippen LogP contribution in [0.15, 0.2) is 40.9 Å². The zero-order valence-corrected chi connectivity index (χ0v) is 10.5. The molecule has 110 valence electrons. The van der Waals surface area contributed by atoms with Crippen LogP contribution < -0.4 is 5.01 Å². The maximum Gasteiger partial charge on any atom is 0.416 e. The summed E-state index contributed by atoms with van der Waals surface area (Å²) in [6.07, 6.45) is -4.57. The molecule has 0 fully saturated rings. The van der Waals surface area contributed by atoms with E-state index in [9.17, 15) is 22.9 Å². The van der Waals surface area contributed by atoms with Crippen LogP contribution >= 0.6 is 0 Å². The first-order valence-electron chi connectivity index (χ1n) is 5.37. The fourth-order valence-electron chi connectivity index (χ4n) is 1.38. The summed E-state index contributed by atoms with van der Waals surface area (Å²) in [5, 5.41) is 20.4. The van der Waals surface area contributed by atoms with E-state index < -0.39 is 29.0 Å². The lowest BCUT2D eigenvalue weighted by molar-refractivity contribution is -0.137. The standard InChI is InChI=1S/C12H8F3N3O3/c1-7(19)10(6-16)11(20)18(17-21)9-4-2-8(3-5-9)12(13,14)15/h2-5,19H,1H3/b10-7-. The van der Waals surface area contributed by atoms with Gasteiger partial charge in [-0.15, -0.1) is 4.91 Å². The topological polar surface area (TPSA) is 93.8 Å². The summed E-state index contributed by atoms with van der Waals surface area (Å²) in [6.45, 7) is 1.05. The molecule has 1 amide bonds. The normalized spacial score (nSPS) is 12.1. The van der Waals surface area contributed by atoms with E-state index in [4.69, 9.17) is 10.4 Å². The molecule has 21 heavy (non-hydrogen) atoms. The van der Waals surface area contributed by atoms with Crippen LogP contribution in [-0.2, 0) is 11.0 Å². The molecule has 1 aromatic rings. The number of allylic oxidation sites excluding steroid dienone is 1. The van der Waals surface area contributed by atoms with Gasteiger partial charge < -0.3 is 5.11 Å². The molecule has 9 heteroatoms. The highest BCUT2D eigenvalue weighted by Crippen LogP contribution is 2.30. The van der Waals surface area contributed by atoms with Gasteiger partial charge in [-0.1, -0.05) is 0 Å². The smallest absolute Gasteiger partial charge is 0.416 e. The number of hydrogen-bond acceptors (Lipinski definition) is 5. The van der Waals surface area contributed by atoms with Gasteiger partial charge in [0.15, 0.2) is 5.57 Å². The molecule has 0 bridgehead atoms. The molecule has 1 aromatic carbocycles. The van der Waals surface area contributed by atoms with Gasteiger partial charge in [-0.3, -0.25) is 4.79 Å². The number of nitroso groups, excluding NO2 is 1. The minimum Gasteiger partial charge on any atom is -0.511 e. The summed E-state index contributed by atoms with van der Waals surface area (Å²) in [4.78, 5) is 22.5. The van der Waals surface area contributed by atoms with Crippen LogP contribution in [0.25, 0.3) is 0 Å². The van der Waals surface area contributed by atoms with Gasteiger partial charge in [-0.25, -0.2) is 0 Å². The number of benzene rings is 1. The fraction of sp³-hybridized carbons (Fsp3) is 0.167. The zero-order valence-electron chi connectivity index (χ0n) is 10.5. The predicted octanol–water partition coefficient (Wildman–Crippen LogP) is 3.08. The molecule has 0 aliphatic rings. The maximum absolute atomic E-state index is 12.4. The van der Waals surface area contributed by atoms with Crippen LogP contribution in [0.1, 0.15) is 12.5 Å². The molecular formula is C12H8F3N3O3. The molecule has 0 aromatic heterocycles. The van der Waals surface area contributed by atoms with E-state index in [2.05, 4.69) is 5.29 Å². The van der Waals surface area contributed by atoms with Gasteiger partial charge in [0, 0.05) is 0 Å². The number of carbonyl (C=O) groups excluding carboxylic acids is 1. The maximum atomic E-state index is 12.4. The van der Waals surface area contributed by atoms with Crippen LogP contribution in [0.2, 0.25) is 0 Å². The van der Waals surface area contributed by atoms with Crippen molar-refractivity contribution in [3.8, 4) is 6.07 Å². The second-order valence-electron chi connectivity index (χ2n) is 3.82. The van der Waals surface area contributed by atoms with Gasteiger partial charge in [0.05, 0.1) is 16.5 Å². The molecule has 0 atom stereocenters. The highest BCUT2D eigenvalue weighted by molar-refractivity contribution is 6.08. The summed E-state index contributed by atoms with van der Waals surface area (Å²) in [7, 11) is 0. The number of carbonyl (C=O) groups is 1. The Morgan fingerprint density at radius 2 is 1.86 bits per heavy atom. The van der Waals surface area contributed by atoms with E-state index in [1.54, 1.807) is 0 Å². The SMILES string of the molecule is C/C(O)=C(\C#N)C(=O)N(N=O)c1ccc(C(F)(F)F)cc1. The molecule has 1 rings (SSSR count). The first-order chi connectivity index (χ1) is 9.72. The number of alkyl halides is 3. The van der Waals surface area contributed by atoms with Crippen molar-refractivity contribution in [2.45, 2.75) is 13.1 Å². The number of halogens is 3. The van der Waals surface area contributed by atoms with Gasteiger partial charge in [-0.05, 0) is 31.2 Å². The van der Waals surface area contributed by atoms with Crippen molar-refractivity contribution in [1.82, 2.24) is 0 Å². The number of rotatable bonds is 3. The summed E-state index contributed by atoms with van der Waals surface area (Å²) < 4.78 is 37.2. The van der Waals surface area contributed by atoms with E-state index in [1.807, 2.05) is 0 Å². The van der Waals surface area contributed by atoms with Crippen LogP contribution in [0.3, 0.4) is 0 Å². The third-order valence-corrected chi connectivity index (χ3v) is 2.40. The highest BCUT2D eigenvalue weighted by atomic mass is 19.4. The molecule has 1 N–H and O–H groups in total. The first kappa shape index (κ1) is 16.2. The van der Waals surface area contributed by atoms with Crippen molar-refractivity contribution in [2.75, 3.05) is 5.01 Å². The predicted molar refractivity (Wildman–Crippen MR) is 65.7 cm³/mol. The van der Waals surface area contributed by atoms with Gasteiger partial charge in [0.2, 0.25) is 0 Å². The molecule has 0 radical (unpaired) electrons. The Hall–Kier alpha value is -2.89. The number of amides is 1. The lowest BCUT2D eigenvalue weighted by atomic mass is 10.1. The van der Waals surface area contributed by atoms with Crippen LogP contribution in [0.4, 0.5) is 18.9 Å². The second kappa shape index (κ2) is 6.04. The van der Waals surface area contributed by atoms with Gasteiger partial charge in [-0.2, -0.15) is 23.4 Å². The summed E-state index contributed by atoms with van der Waals surface area (Å²) in [6, 6.07) is 4.39. The van der Waals surface area contributed by atoms with Gasteiger partial charge in [0.25, 0.3) is 5.91 Å². The molecule has 0 spiro atoms. The summed E-state index contributed by atoms with van der Waals surface area (Å²) in [5.41, 5.74) is -1.98. The van der Waals surface area contributed by atoms with Crippen LogP contribution in [0, 0.1) is 16.2 Å². The molecule has 0 aliphatic carbocycles. The van der Waals surface area contributed by atoms with Crippen molar-refractivity contribution in [2.24, 2.45) is 5.29 Å². The Labute approximate surface area is 116 Å². The second-order valence-corrected chi connectivity index (χ2v) is 3.82. The Kier molecular flexibility index (Phi) is 4.65. The quantitative estimate of drug-likeness (QED) is 0.305. The molecule has 0 aliphatic heterocycles. The first-order valence-corrected chi connectivity index (χ1v) is 5.37. The van der Waals surface area contributed by atoms with Crippen molar-refractivity contribution in [1.29, 1.82) is 5.26 Å². The fourth-order valence-corrected chi connectivity index (χ4v) is 1.38. The molecule has 0 unspecified atom stereocenters. The number of nitrogens with zero attached hydrogens (tertiary/aromatic N) is 3. The lowest BCUT2D eigenvalue weighted by Crippen LogP contribution is -2.26. The van der Waals surface area contributed by atoms with Crippen LogP contribution in [0.5, 0.6) is 0 Å². The number of aliphatic hydroxyl groups excluding tert-OH is 1. The van der Waals surface area contributed by atoms with E-state index >= 15 is 0 Å². The lowest BCUT2D eigenvalue weighted by Gasteiger charge is -2.14. The van der Waals surface area contributed by atoms with E-state index in [1.165, 1.54) is 6.07 Å². The average Bonchev–Trinajstić information content (AvgIpc) is 2.39. The monoisotopic (exact) mass is 299 g/mol. The average molecular weight is 299 g/mol. The largest absolute Gasteiger partial charge is 0.511 e. The van der Waals surface area contributed by atoms with E-state index in [-0.39, 0.29) is 10.7 Å². The number of nitriles is 1. The number of anilines is 1. The Morgan fingerprint density at radius 1 is 1.33 bits per heavy atom. The summed E-state index contributed by atoms with van der Waals surface area (Å²) in [5.74, 6) is -1.88. The third kappa shape index (κ3) is 3.56. The van der Waals surface area contributed by atoms with Crippen molar-refractivity contribution >= 4 is 11.6 Å². The van der Waals surface area contributed by atoms with Gasteiger partial charge >= 0.3 is 6.18 Å². The van der Waals surface area contributed by atoms with Crippen molar-refractivity contribution in [3.05, 3.63) is 46.1 Å². The Morgan fingerprint density at radius 3 is 2.19 bits per heavy atom. The Bertz CT molecular complexity index is 626. The van der Waals surface area contributed by atoms with Crippen LogP contribution in [-0.4, -0.2) is 11.0 Å². The Balaban J connectivity index is 3.18. The minimum atomic E-state index is -4.57. The van der Waals surface area contributed by atoms with E-state index in [0.29, 0.717) is 12.1 Å². The van der Waals surface area contributed by atoms with Gasteiger partial charge in [0.1, 0.15) is 11.8 Å². The van der Waals surface area contributed by atoms with Crippen molar-refractivity contribution in [3.63, 3.8) is 0 Å². The zero-order chi connectivity index (χ0) is 16.2.